The summed E-state index contributed by atoms with van der Waals surface area (Å²) >= 11 is 0. The quantitative estimate of drug-likeness (QED) is 0.548. The van der Waals surface area contributed by atoms with Crippen molar-refractivity contribution in [3.8, 4) is 0 Å². The minimum atomic E-state index is -0.651. The van der Waals surface area contributed by atoms with Crippen LogP contribution in [0.3, 0.4) is 0 Å². The van der Waals surface area contributed by atoms with E-state index < -0.39 is 7.92 Å². The minimum absolute atomic E-state index is 0.0414. The highest BCUT2D eigenvalue weighted by Crippen LogP contribution is 2.50. The van der Waals surface area contributed by atoms with Crippen LogP contribution in [0.15, 0.2) is 84.9 Å². The first kappa shape index (κ1) is 21.3. The summed E-state index contributed by atoms with van der Waals surface area (Å²) in [5.41, 5.74) is 1.57. The summed E-state index contributed by atoms with van der Waals surface area (Å²) in [6.07, 6.45) is 2.98. The second-order valence-corrected chi connectivity index (χ2v) is 10.3. The number of rotatable bonds is 6. The zero-order valence-corrected chi connectivity index (χ0v) is 18.5. The van der Waals surface area contributed by atoms with Crippen molar-refractivity contribution in [1.29, 1.82) is 0 Å². The van der Waals surface area contributed by atoms with Crippen molar-refractivity contribution in [3.05, 3.63) is 84.9 Å². The number of hydrogen-bond donors (Lipinski definition) is 2. The van der Waals surface area contributed by atoms with Crippen LogP contribution in [0.25, 0.3) is 0 Å². The van der Waals surface area contributed by atoms with Crippen LogP contribution in [0.1, 0.15) is 26.2 Å². The number of benzene rings is 3. The van der Waals surface area contributed by atoms with E-state index in [1.807, 2.05) is 36.4 Å². The highest BCUT2D eigenvalue weighted by molar-refractivity contribution is 7.73. The summed E-state index contributed by atoms with van der Waals surface area (Å²) in [7, 11) is -0.651. The van der Waals surface area contributed by atoms with Gasteiger partial charge in [0.05, 0.1) is 11.4 Å². The molecule has 0 spiro atoms. The molecule has 5 heteroatoms. The molecule has 3 aromatic rings. The summed E-state index contributed by atoms with van der Waals surface area (Å²) in [5, 5.41) is 8.53. The third-order valence-electron chi connectivity index (χ3n) is 5.71. The number of para-hydroxylation sites is 2. The molecule has 1 aliphatic carbocycles. The second-order valence-electron chi connectivity index (χ2n) is 7.86. The topological polar surface area (TPSA) is 58.2 Å². The number of amides is 2. The molecule has 0 radical (unpaired) electrons. The maximum Gasteiger partial charge on any atom is 0.228 e. The number of carbonyl (C=O) groups excluding carboxylic acids is 2. The van der Waals surface area contributed by atoms with Gasteiger partial charge in [-0.05, 0) is 49.2 Å². The zero-order chi connectivity index (χ0) is 21.6. The first-order valence-electron chi connectivity index (χ1n) is 10.7. The lowest BCUT2D eigenvalue weighted by molar-refractivity contribution is -0.119. The van der Waals surface area contributed by atoms with E-state index >= 15 is 0 Å². The third kappa shape index (κ3) is 5.03. The molecule has 0 saturated heterocycles. The summed E-state index contributed by atoms with van der Waals surface area (Å²) in [6, 6.07) is 28.6. The molecular weight excluding hydrogens is 403 g/mol. The molecule has 0 aliphatic heterocycles. The highest BCUT2D eigenvalue weighted by atomic mass is 31.1. The molecule has 158 valence electrons. The van der Waals surface area contributed by atoms with Crippen molar-refractivity contribution < 1.29 is 9.59 Å². The largest absolute Gasteiger partial charge is 0.325 e. The summed E-state index contributed by atoms with van der Waals surface area (Å²) in [6.45, 7) is 1.47. The molecule has 0 heterocycles. The second kappa shape index (κ2) is 9.89. The highest BCUT2D eigenvalue weighted by Gasteiger charge is 2.39. The molecule has 4 rings (SSSR count). The van der Waals surface area contributed by atoms with Crippen LogP contribution in [-0.4, -0.2) is 17.5 Å². The monoisotopic (exact) mass is 430 g/mol. The normalized spacial score (nSPS) is 18.0. The van der Waals surface area contributed by atoms with E-state index in [1.165, 1.54) is 17.5 Å². The van der Waals surface area contributed by atoms with Crippen molar-refractivity contribution in [1.82, 2.24) is 0 Å². The van der Waals surface area contributed by atoms with Gasteiger partial charge in [0.2, 0.25) is 11.8 Å². The fourth-order valence-electron chi connectivity index (χ4n) is 4.38. The zero-order valence-electron chi connectivity index (χ0n) is 17.6. The van der Waals surface area contributed by atoms with Crippen LogP contribution < -0.4 is 21.2 Å². The standard InChI is InChI=1S/C26H27N2O2P/c1-19(29)27-23-16-8-9-17-24(23)28-26(30)22-15-10-18-25(22)31(20-11-4-2-5-12-20)21-13-6-3-7-14-21/h2-9,11-14,16-17,22,25H,10,15,18H2,1H3,(H,27,29)(H,28,30). The average molecular weight is 430 g/mol. The summed E-state index contributed by atoms with van der Waals surface area (Å²) < 4.78 is 0. The predicted octanol–water partition coefficient (Wildman–Crippen LogP) is 4.89. The van der Waals surface area contributed by atoms with Gasteiger partial charge in [0, 0.05) is 12.8 Å². The van der Waals surface area contributed by atoms with E-state index in [9.17, 15) is 9.59 Å². The Hall–Kier alpha value is -2.97. The molecule has 2 unspecified atom stereocenters. The number of anilines is 2. The maximum absolute atomic E-state index is 13.4. The van der Waals surface area contributed by atoms with Crippen LogP contribution in [0, 0.1) is 5.92 Å². The Labute approximate surface area is 184 Å². The molecule has 2 N–H and O–H groups in total. The molecule has 0 aromatic heterocycles. The molecule has 2 amide bonds. The smallest absolute Gasteiger partial charge is 0.228 e. The van der Waals surface area contributed by atoms with E-state index in [1.54, 1.807) is 0 Å². The fraction of sp³-hybridized carbons (Fsp3) is 0.231. The molecule has 3 aromatic carbocycles. The van der Waals surface area contributed by atoms with E-state index in [0.717, 1.165) is 19.3 Å². The van der Waals surface area contributed by atoms with Gasteiger partial charge in [-0.25, -0.2) is 0 Å². The summed E-state index contributed by atoms with van der Waals surface area (Å²) in [5.74, 6) is -0.173. The van der Waals surface area contributed by atoms with Crippen LogP contribution >= 0.6 is 7.92 Å². The van der Waals surface area contributed by atoms with Gasteiger partial charge in [-0.3, -0.25) is 9.59 Å². The van der Waals surface area contributed by atoms with Gasteiger partial charge in [-0.2, -0.15) is 0 Å². The van der Waals surface area contributed by atoms with Gasteiger partial charge in [0.25, 0.3) is 0 Å². The lowest BCUT2D eigenvalue weighted by atomic mass is 10.1. The Balaban J connectivity index is 1.62. The number of carbonyl (C=O) groups is 2. The number of nitrogens with one attached hydrogen (secondary N) is 2. The van der Waals surface area contributed by atoms with E-state index in [-0.39, 0.29) is 23.4 Å². The Kier molecular flexibility index (Phi) is 6.79. The number of hydrogen-bond acceptors (Lipinski definition) is 2. The van der Waals surface area contributed by atoms with Crippen molar-refractivity contribution in [2.45, 2.75) is 31.8 Å². The van der Waals surface area contributed by atoms with Gasteiger partial charge in [0.1, 0.15) is 0 Å². The summed E-state index contributed by atoms with van der Waals surface area (Å²) in [4.78, 5) is 25.0. The molecule has 2 atom stereocenters. The average Bonchev–Trinajstić information content (AvgIpc) is 3.26. The first-order chi connectivity index (χ1) is 15.1. The fourth-order valence-corrected chi connectivity index (χ4v) is 7.52. The van der Waals surface area contributed by atoms with Crippen molar-refractivity contribution in [2.24, 2.45) is 5.92 Å². The Morgan fingerprint density at radius 1 is 0.742 bits per heavy atom. The van der Waals surface area contributed by atoms with Crippen molar-refractivity contribution in [3.63, 3.8) is 0 Å². The van der Waals surface area contributed by atoms with Crippen molar-refractivity contribution >= 4 is 41.7 Å². The molecular formula is C26H27N2O2P. The molecule has 31 heavy (non-hydrogen) atoms. The Morgan fingerprint density at radius 2 is 1.26 bits per heavy atom. The third-order valence-corrected chi connectivity index (χ3v) is 8.70. The van der Waals surface area contributed by atoms with E-state index in [2.05, 4.69) is 59.2 Å². The van der Waals surface area contributed by atoms with Gasteiger partial charge in [-0.1, -0.05) is 79.2 Å². The van der Waals surface area contributed by atoms with Crippen molar-refractivity contribution in [2.75, 3.05) is 10.6 Å². The Morgan fingerprint density at radius 3 is 1.81 bits per heavy atom. The Bertz CT molecular complexity index is 1000. The lowest BCUT2D eigenvalue weighted by Crippen LogP contribution is -2.32. The molecule has 4 nitrogen and oxygen atoms in total. The van der Waals surface area contributed by atoms with Crippen LogP contribution in [0.2, 0.25) is 0 Å². The molecule has 1 aliphatic rings. The van der Waals surface area contributed by atoms with E-state index in [0.29, 0.717) is 11.4 Å². The SMILES string of the molecule is CC(=O)Nc1ccccc1NC(=O)C1CCCC1P(c1ccccc1)c1ccccc1. The van der Waals surface area contributed by atoms with Crippen LogP contribution in [0.4, 0.5) is 11.4 Å². The van der Waals surface area contributed by atoms with Gasteiger partial charge in [-0.15, -0.1) is 0 Å². The minimum Gasteiger partial charge on any atom is -0.325 e. The van der Waals surface area contributed by atoms with Gasteiger partial charge < -0.3 is 10.6 Å². The first-order valence-corrected chi connectivity index (χ1v) is 12.1. The van der Waals surface area contributed by atoms with Crippen LogP contribution in [0.5, 0.6) is 0 Å². The van der Waals surface area contributed by atoms with Crippen LogP contribution in [-0.2, 0) is 9.59 Å². The maximum atomic E-state index is 13.4. The van der Waals surface area contributed by atoms with Gasteiger partial charge in [0.15, 0.2) is 0 Å². The van der Waals surface area contributed by atoms with Gasteiger partial charge >= 0.3 is 0 Å². The lowest BCUT2D eigenvalue weighted by Gasteiger charge is -2.30. The molecule has 1 saturated carbocycles. The predicted molar refractivity (Wildman–Crippen MR) is 130 cm³/mol. The molecule has 1 fully saturated rings. The molecule has 0 bridgehead atoms. The van der Waals surface area contributed by atoms with E-state index in [4.69, 9.17) is 0 Å².